The molecule has 0 spiro atoms. The van der Waals surface area contributed by atoms with Gasteiger partial charge in [0.05, 0.1) is 5.60 Å². The summed E-state index contributed by atoms with van der Waals surface area (Å²) in [7, 11) is 0. The average molecular weight is 196 g/mol. The van der Waals surface area contributed by atoms with Crippen molar-refractivity contribution in [1.29, 1.82) is 0 Å². The molecule has 2 rings (SSSR count). The second-order valence-corrected chi connectivity index (χ2v) is 5.90. The van der Waals surface area contributed by atoms with E-state index in [1.165, 1.54) is 6.42 Å². The molecule has 2 saturated carbocycles. The van der Waals surface area contributed by atoms with Gasteiger partial charge in [0.15, 0.2) is 0 Å². The maximum absolute atomic E-state index is 10.6. The van der Waals surface area contributed by atoms with Crippen LogP contribution >= 0.6 is 0 Å². The molecule has 0 aromatic heterocycles. The summed E-state index contributed by atoms with van der Waals surface area (Å²) in [5.74, 6) is 0.595. The van der Waals surface area contributed by atoms with Gasteiger partial charge in [0.2, 0.25) is 0 Å². The zero-order valence-electron chi connectivity index (χ0n) is 9.34. The minimum absolute atomic E-state index is 0.0639. The Morgan fingerprint density at radius 3 is 2.43 bits per heavy atom. The Bertz CT molecular complexity index is 271. The summed E-state index contributed by atoms with van der Waals surface area (Å²) in [4.78, 5) is 10.6. The van der Waals surface area contributed by atoms with Gasteiger partial charge < -0.3 is 9.90 Å². The third kappa shape index (κ3) is 0.881. The highest BCUT2D eigenvalue weighted by Crippen LogP contribution is 2.70. The molecular formula is C12H20O2. The Kier molecular flexibility index (Phi) is 1.89. The van der Waals surface area contributed by atoms with Crippen LogP contribution in [0.15, 0.2) is 0 Å². The molecule has 2 aliphatic carbocycles. The third-order valence-corrected chi connectivity index (χ3v) is 5.47. The van der Waals surface area contributed by atoms with Crippen molar-refractivity contribution in [3.63, 3.8) is 0 Å². The van der Waals surface area contributed by atoms with Gasteiger partial charge in [-0.3, -0.25) is 0 Å². The van der Waals surface area contributed by atoms with Crippen molar-refractivity contribution in [2.24, 2.45) is 16.7 Å². The quantitative estimate of drug-likeness (QED) is 0.687. The summed E-state index contributed by atoms with van der Waals surface area (Å²) in [6.45, 7) is 6.64. The number of aldehydes is 1. The summed E-state index contributed by atoms with van der Waals surface area (Å²) in [5, 5.41) is 10.5. The minimum Gasteiger partial charge on any atom is -0.389 e. The van der Waals surface area contributed by atoms with Crippen LogP contribution in [0.5, 0.6) is 0 Å². The lowest BCUT2D eigenvalue weighted by Crippen LogP contribution is -2.47. The molecule has 0 amide bonds. The molecule has 2 fully saturated rings. The van der Waals surface area contributed by atoms with Crippen LogP contribution in [0.25, 0.3) is 0 Å². The van der Waals surface area contributed by atoms with Crippen molar-refractivity contribution in [3.8, 4) is 0 Å². The molecule has 0 unspecified atom stereocenters. The van der Waals surface area contributed by atoms with E-state index in [0.717, 1.165) is 19.1 Å². The molecular weight excluding hydrogens is 176 g/mol. The van der Waals surface area contributed by atoms with Crippen molar-refractivity contribution >= 4 is 6.29 Å². The fourth-order valence-corrected chi connectivity index (χ4v) is 3.87. The van der Waals surface area contributed by atoms with Crippen molar-refractivity contribution in [1.82, 2.24) is 0 Å². The summed E-state index contributed by atoms with van der Waals surface area (Å²) < 4.78 is 0. The van der Waals surface area contributed by atoms with Crippen LogP contribution in [0, 0.1) is 16.7 Å². The standard InChI is InChI=1S/C12H20O2/c1-10(2)9-4-5-11(10,3)12(14,8-9)6-7-13/h7,9,14H,4-6,8H2,1-3H3/t9-,11-,12-/m1/s1. The summed E-state index contributed by atoms with van der Waals surface area (Å²) in [6.07, 6.45) is 4.28. The average Bonchev–Trinajstić information content (AvgIpc) is 2.36. The molecule has 14 heavy (non-hydrogen) atoms. The maximum Gasteiger partial charge on any atom is 0.122 e. The highest BCUT2D eigenvalue weighted by atomic mass is 16.3. The Morgan fingerprint density at radius 2 is 2.07 bits per heavy atom. The molecule has 2 heteroatoms. The van der Waals surface area contributed by atoms with E-state index in [0.29, 0.717) is 12.3 Å². The lowest BCUT2D eigenvalue weighted by atomic mass is 9.63. The molecule has 0 aliphatic heterocycles. The van der Waals surface area contributed by atoms with Gasteiger partial charge in [-0.2, -0.15) is 0 Å². The molecule has 80 valence electrons. The van der Waals surface area contributed by atoms with E-state index in [1.807, 2.05) is 0 Å². The van der Waals surface area contributed by atoms with Crippen LogP contribution in [0.4, 0.5) is 0 Å². The minimum atomic E-state index is -0.735. The Balaban J connectivity index is 2.39. The third-order valence-electron chi connectivity index (χ3n) is 5.47. The molecule has 2 aliphatic rings. The van der Waals surface area contributed by atoms with Crippen molar-refractivity contribution in [2.75, 3.05) is 0 Å². The van der Waals surface area contributed by atoms with Gasteiger partial charge in [-0.1, -0.05) is 20.8 Å². The zero-order chi connectivity index (χ0) is 10.6. The molecule has 0 aromatic rings. The predicted molar refractivity (Wildman–Crippen MR) is 54.9 cm³/mol. The van der Waals surface area contributed by atoms with E-state index in [-0.39, 0.29) is 10.8 Å². The van der Waals surface area contributed by atoms with E-state index in [2.05, 4.69) is 20.8 Å². The van der Waals surface area contributed by atoms with Gasteiger partial charge in [0.1, 0.15) is 6.29 Å². The Morgan fingerprint density at radius 1 is 1.43 bits per heavy atom. The Hall–Kier alpha value is -0.370. The molecule has 1 N–H and O–H groups in total. The van der Waals surface area contributed by atoms with E-state index < -0.39 is 5.60 Å². The van der Waals surface area contributed by atoms with Crippen molar-refractivity contribution in [2.45, 2.75) is 52.1 Å². The first-order valence-electron chi connectivity index (χ1n) is 5.53. The first-order valence-corrected chi connectivity index (χ1v) is 5.53. The molecule has 0 radical (unpaired) electrons. The van der Waals surface area contributed by atoms with Gasteiger partial charge in [-0.15, -0.1) is 0 Å². The summed E-state index contributed by atoms with van der Waals surface area (Å²) >= 11 is 0. The highest BCUT2D eigenvalue weighted by Gasteiger charge is 2.67. The van der Waals surface area contributed by atoms with E-state index in [1.54, 1.807) is 0 Å². The number of carbonyl (C=O) groups excluding carboxylic acids is 1. The molecule has 3 atom stereocenters. The molecule has 0 aromatic carbocycles. The molecule has 0 heterocycles. The van der Waals surface area contributed by atoms with Crippen LogP contribution in [-0.4, -0.2) is 17.0 Å². The number of carbonyl (C=O) groups is 1. The van der Waals surface area contributed by atoms with Crippen LogP contribution in [0.3, 0.4) is 0 Å². The predicted octanol–water partition coefficient (Wildman–Crippen LogP) is 2.15. The van der Waals surface area contributed by atoms with Gasteiger partial charge in [-0.25, -0.2) is 0 Å². The van der Waals surface area contributed by atoms with Crippen molar-refractivity contribution in [3.05, 3.63) is 0 Å². The molecule has 0 saturated heterocycles. The zero-order valence-corrected chi connectivity index (χ0v) is 9.34. The number of hydrogen-bond acceptors (Lipinski definition) is 2. The second-order valence-electron chi connectivity index (χ2n) is 5.90. The number of aliphatic hydroxyl groups is 1. The van der Waals surface area contributed by atoms with Crippen molar-refractivity contribution < 1.29 is 9.90 Å². The molecule has 2 nitrogen and oxygen atoms in total. The van der Waals surface area contributed by atoms with Gasteiger partial charge >= 0.3 is 0 Å². The van der Waals surface area contributed by atoms with Crippen LogP contribution in [-0.2, 0) is 4.79 Å². The fraction of sp³-hybridized carbons (Fsp3) is 0.917. The van der Waals surface area contributed by atoms with Gasteiger partial charge in [-0.05, 0) is 30.6 Å². The summed E-state index contributed by atoms with van der Waals surface area (Å²) in [5.41, 5.74) is -0.614. The van der Waals surface area contributed by atoms with Crippen LogP contribution in [0.2, 0.25) is 0 Å². The normalized spacial score (nSPS) is 49.6. The first kappa shape index (κ1) is 10.2. The number of rotatable bonds is 2. The fourth-order valence-electron chi connectivity index (χ4n) is 3.87. The monoisotopic (exact) mass is 196 g/mol. The summed E-state index contributed by atoms with van der Waals surface area (Å²) in [6, 6.07) is 0. The lowest BCUT2D eigenvalue weighted by Gasteiger charge is -2.44. The number of hydrogen-bond donors (Lipinski definition) is 1. The van der Waals surface area contributed by atoms with Crippen LogP contribution < -0.4 is 0 Å². The Labute approximate surface area is 85.7 Å². The smallest absolute Gasteiger partial charge is 0.122 e. The topological polar surface area (TPSA) is 37.3 Å². The van der Waals surface area contributed by atoms with E-state index >= 15 is 0 Å². The largest absolute Gasteiger partial charge is 0.389 e. The van der Waals surface area contributed by atoms with E-state index in [9.17, 15) is 9.90 Å². The first-order chi connectivity index (χ1) is 6.37. The number of fused-ring (bicyclic) bond motifs is 2. The highest BCUT2D eigenvalue weighted by molar-refractivity contribution is 5.52. The second kappa shape index (κ2) is 2.60. The van der Waals surface area contributed by atoms with Gasteiger partial charge in [0.25, 0.3) is 0 Å². The maximum atomic E-state index is 10.6. The molecule has 2 bridgehead atoms. The van der Waals surface area contributed by atoms with E-state index in [4.69, 9.17) is 0 Å². The lowest BCUT2D eigenvalue weighted by molar-refractivity contribution is -0.124. The SMILES string of the molecule is CC1(C)[C@@H]2CC[C@@]1(C)[C@@](O)(CC=O)C2. The van der Waals surface area contributed by atoms with Gasteiger partial charge in [0, 0.05) is 11.8 Å². The van der Waals surface area contributed by atoms with Crippen LogP contribution in [0.1, 0.15) is 46.5 Å².